The second kappa shape index (κ2) is 8.33. The molecule has 8 heteroatoms. The summed E-state index contributed by atoms with van der Waals surface area (Å²) in [7, 11) is 0. The normalized spacial score (nSPS) is 14.6. The molecule has 1 aromatic heterocycles. The van der Waals surface area contributed by atoms with E-state index in [0.29, 0.717) is 24.3 Å². The van der Waals surface area contributed by atoms with E-state index in [1.807, 2.05) is 22.9 Å². The number of benzene rings is 1. The van der Waals surface area contributed by atoms with Crippen molar-refractivity contribution in [2.45, 2.75) is 57.9 Å². The van der Waals surface area contributed by atoms with Crippen LogP contribution in [0.1, 0.15) is 57.3 Å². The van der Waals surface area contributed by atoms with Crippen LogP contribution in [0.25, 0.3) is 0 Å². The van der Waals surface area contributed by atoms with E-state index in [2.05, 4.69) is 36.1 Å². The Balaban J connectivity index is 1.51. The summed E-state index contributed by atoms with van der Waals surface area (Å²) in [6.45, 7) is 4.17. The van der Waals surface area contributed by atoms with Crippen molar-refractivity contribution in [3.63, 3.8) is 0 Å². The molecule has 1 aliphatic heterocycles. The van der Waals surface area contributed by atoms with E-state index in [-0.39, 0.29) is 24.8 Å². The molecule has 0 spiro atoms. The Labute approximate surface area is 163 Å². The Morgan fingerprint density at radius 2 is 1.79 bits per heavy atom. The Bertz CT molecular complexity index is 844. The molecule has 2 aromatic rings. The Morgan fingerprint density at radius 3 is 2.46 bits per heavy atom. The number of amides is 2. The molecule has 8 nitrogen and oxygen atoms in total. The molecule has 0 atom stereocenters. The molecule has 3 rings (SSSR count). The lowest BCUT2D eigenvalue weighted by Crippen LogP contribution is -2.32. The lowest BCUT2D eigenvalue weighted by atomic mass is 9.94. The zero-order valence-corrected chi connectivity index (χ0v) is 16.1. The van der Waals surface area contributed by atoms with Gasteiger partial charge in [-0.05, 0) is 32.3 Å². The number of carbonyl (C=O) groups excluding carboxylic acids is 3. The van der Waals surface area contributed by atoms with Gasteiger partial charge in [-0.15, -0.1) is 5.06 Å². The van der Waals surface area contributed by atoms with Gasteiger partial charge in [0.1, 0.15) is 12.2 Å². The predicted molar refractivity (Wildman–Crippen MR) is 99.6 cm³/mol. The van der Waals surface area contributed by atoms with Crippen molar-refractivity contribution < 1.29 is 19.2 Å². The Morgan fingerprint density at radius 1 is 1.11 bits per heavy atom. The molecule has 0 aliphatic carbocycles. The summed E-state index contributed by atoms with van der Waals surface area (Å²) in [5.74, 6) is -0.661. The molecule has 1 saturated heterocycles. The lowest BCUT2D eigenvalue weighted by molar-refractivity contribution is -0.197. The summed E-state index contributed by atoms with van der Waals surface area (Å²) in [5.41, 5.74) is 0.785. The van der Waals surface area contributed by atoms with E-state index in [4.69, 9.17) is 4.84 Å². The molecule has 1 aliphatic rings. The van der Waals surface area contributed by atoms with Crippen molar-refractivity contribution in [2.75, 3.05) is 0 Å². The largest absolute Gasteiger partial charge is 0.333 e. The van der Waals surface area contributed by atoms with Crippen LogP contribution in [-0.4, -0.2) is 37.6 Å². The van der Waals surface area contributed by atoms with Gasteiger partial charge in [0.15, 0.2) is 0 Å². The second-order valence-corrected chi connectivity index (χ2v) is 7.27. The van der Waals surface area contributed by atoms with Crippen LogP contribution in [0.3, 0.4) is 0 Å². The van der Waals surface area contributed by atoms with Crippen LogP contribution in [0, 0.1) is 0 Å². The van der Waals surface area contributed by atoms with Crippen LogP contribution < -0.4 is 0 Å². The number of hydroxylamine groups is 2. The summed E-state index contributed by atoms with van der Waals surface area (Å²) >= 11 is 0. The highest BCUT2D eigenvalue weighted by molar-refractivity contribution is 6.01. The molecule has 0 saturated carbocycles. The van der Waals surface area contributed by atoms with Crippen LogP contribution in [0.2, 0.25) is 0 Å². The van der Waals surface area contributed by atoms with Crippen LogP contribution in [0.5, 0.6) is 0 Å². The highest BCUT2D eigenvalue weighted by Crippen LogP contribution is 2.26. The SMILES string of the molecule is CC(C)(c1ccccc1)n1ncnc1CCCCC(=O)ON1C(=O)CCC1=O. The topological polar surface area (TPSA) is 94.4 Å². The van der Waals surface area contributed by atoms with Gasteiger partial charge < -0.3 is 4.84 Å². The van der Waals surface area contributed by atoms with Gasteiger partial charge in [-0.25, -0.2) is 14.5 Å². The average Bonchev–Trinajstić information content (AvgIpc) is 3.28. The minimum atomic E-state index is -0.574. The minimum Gasteiger partial charge on any atom is -0.330 e. The van der Waals surface area contributed by atoms with Crippen molar-refractivity contribution in [1.82, 2.24) is 19.8 Å². The van der Waals surface area contributed by atoms with Crippen molar-refractivity contribution in [2.24, 2.45) is 0 Å². The van der Waals surface area contributed by atoms with E-state index in [0.717, 1.165) is 11.4 Å². The molecule has 1 aromatic carbocycles. The number of aromatic nitrogens is 3. The maximum absolute atomic E-state index is 11.9. The summed E-state index contributed by atoms with van der Waals surface area (Å²) in [4.78, 5) is 44.0. The van der Waals surface area contributed by atoms with Crippen molar-refractivity contribution in [1.29, 1.82) is 0 Å². The summed E-state index contributed by atoms with van der Waals surface area (Å²) in [6, 6.07) is 10.1. The van der Waals surface area contributed by atoms with Crippen molar-refractivity contribution >= 4 is 17.8 Å². The summed E-state index contributed by atoms with van der Waals surface area (Å²) in [6.07, 6.45) is 3.80. The first-order valence-electron chi connectivity index (χ1n) is 9.41. The number of hydrogen-bond donors (Lipinski definition) is 0. The molecule has 1 fully saturated rings. The van der Waals surface area contributed by atoms with Gasteiger partial charge in [-0.3, -0.25) is 9.59 Å². The maximum atomic E-state index is 11.9. The number of hydrogen-bond acceptors (Lipinski definition) is 6. The maximum Gasteiger partial charge on any atom is 0.333 e. The highest BCUT2D eigenvalue weighted by atomic mass is 16.7. The molecule has 148 valence electrons. The standard InChI is InChI=1S/C20H24N4O4/c1-20(2,15-8-4-3-5-9-15)24-16(21-14-22-24)10-6-7-11-19(27)28-23-17(25)12-13-18(23)26/h3-5,8-9,14H,6-7,10-13H2,1-2H3. The number of imide groups is 1. The van der Waals surface area contributed by atoms with Crippen LogP contribution in [0.4, 0.5) is 0 Å². The van der Waals surface area contributed by atoms with Crippen LogP contribution >= 0.6 is 0 Å². The molecule has 2 heterocycles. The first-order valence-corrected chi connectivity index (χ1v) is 9.41. The molecule has 0 bridgehead atoms. The fourth-order valence-corrected chi connectivity index (χ4v) is 3.23. The van der Waals surface area contributed by atoms with Gasteiger partial charge >= 0.3 is 5.97 Å². The number of unbranched alkanes of at least 4 members (excludes halogenated alkanes) is 1. The molecule has 0 N–H and O–H groups in total. The monoisotopic (exact) mass is 384 g/mol. The smallest absolute Gasteiger partial charge is 0.330 e. The van der Waals surface area contributed by atoms with E-state index < -0.39 is 17.8 Å². The number of nitrogens with zero attached hydrogens (tertiary/aromatic N) is 4. The zero-order valence-electron chi connectivity index (χ0n) is 16.1. The summed E-state index contributed by atoms with van der Waals surface area (Å²) in [5, 5.41) is 4.98. The van der Waals surface area contributed by atoms with E-state index in [1.54, 1.807) is 6.33 Å². The fourth-order valence-electron chi connectivity index (χ4n) is 3.23. The van der Waals surface area contributed by atoms with Crippen molar-refractivity contribution in [3.05, 3.63) is 48.0 Å². The molecule has 0 radical (unpaired) electrons. The van der Waals surface area contributed by atoms with Crippen LogP contribution in [-0.2, 0) is 31.2 Å². The Hall–Kier alpha value is -3.03. The zero-order chi connectivity index (χ0) is 20.1. The molecule has 0 unspecified atom stereocenters. The van der Waals surface area contributed by atoms with Gasteiger partial charge in [-0.2, -0.15) is 5.10 Å². The third-order valence-electron chi connectivity index (χ3n) is 4.86. The van der Waals surface area contributed by atoms with Crippen molar-refractivity contribution in [3.8, 4) is 0 Å². The Kier molecular flexibility index (Phi) is 5.87. The first kappa shape index (κ1) is 19.7. The van der Waals surface area contributed by atoms with E-state index >= 15 is 0 Å². The third kappa shape index (κ3) is 4.27. The first-order chi connectivity index (χ1) is 13.4. The predicted octanol–water partition coefficient (Wildman–Crippen LogP) is 2.38. The van der Waals surface area contributed by atoms with Gasteiger partial charge in [-0.1, -0.05) is 30.3 Å². The van der Waals surface area contributed by atoms with Gasteiger partial charge in [0, 0.05) is 25.7 Å². The average molecular weight is 384 g/mol. The second-order valence-electron chi connectivity index (χ2n) is 7.27. The van der Waals surface area contributed by atoms with E-state index in [9.17, 15) is 14.4 Å². The third-order valence-corrected chi connectivity index (χ3v) is 4.86. The fraction of sp³-hybridized carbons (Fsp3) is 0.450. The lowest BCUT2D eigenvalue weighted by Gasteiger charge is -2.27. The number of rotatable bonds is 8. The van der Waals surface area contributed by atoms with Gasteiger partial charge in [0.05, 0.1) is 5.54 Å². The highest BCUT2D eigenvalue weighted by Gasteiger charge is 2.32. The number of aryl methyl sites for hydroxylation is 1. The van der Waals surface area contributed by atoms with Crippen LogP contribution in [0.15, 0.2) is 36.7 Å². The molecular formula is C20H24N4O4. The molecule has 28 heavy (non-hydrogen) atoms. The van der Waals surface area contributed by atoms with Gasteiger partial charge in [0.25, 0.3) is 11.8 Å². The minimum absolute atomic E-state index is 0.0962. The molecule has 2 amide bonds. The number of carbonyl (C=O) groups is 3. The molecular weight excluding hydrogens is 360 g/mol. The summed E-state index contributed by atoms with van der Waals surface area (Å²) < 4.78 is 1.90. The van der Waals surface area contributed by atoms with E-state index in [1.165, 1.54) is 0 Å². The van der Waals surface area contributed by atoms with Gasteiger partial charge in [0.2, 0.25) is 0 Å². The quantitative estimate of drug-likeness (QED) is 0.512.